The second-order valence-corrected chi connectivity index (χ2v) is 9.35. The number of nitrogens with zero attached hydrogens (tertiary/aromatic N) is 7. The lowest BCUT2D eigenvalue weighted by Gasteiger charge is -2.36. The molecule has 4 aromatic rings. The number of nitrogens with two attached hydrogens (primary N) is 1. The van der Waals surface area contributed by atoms with E-state index in [-0.39, 0.29) is 30.5 Å². The van der Waals surface area contributed by atoms with Crippen LogP contribution >= 0.6 is 0 Å². The Labute approximate surface area is 221 Å². The lowest BCUT2D eigenvalue weighted by molar-refractivity contribution is 0.134. The SMILES string of the molecule is Nc1nc(NCCN2CCN(c3cc(O[C@H]4CNC[C@H]4F)c(F)cc3F)CC2)nc2nc(-c3ccco3)nn12. The summed E-state index contributed by atoms with van der Waals surface area (Å²) < 4.78 is 55.0. The maximum Gasteiger partial charge on any atom is 0.259 e. The fourth-order valence-electron chi connectivity index (χ4n) is 4.69. The minimum Gasteiger partial charge on any atom is -0.483 e. The third-order valence-electron chi connectivity index (χ3n) is 6.77. The minimum atomic E-state index is -1.24. The predicted molar refractivity (Wildman–Crippen MR) is 136 cm³/mol. The maximum absolute atomic E-state index is 14.6. The first-order valence-corrected chi connectivity index (χ1v) is 12.6. The highest BCUT2D eigenvalue weighted by Gasteiger charge is 2.30. The van der Waals surface area contributed by atoms with Gasteiger partial charge in [-0.2, -0.15) is 19.5 Å². The number of anilines is 3. The maximum atomic E-state index is 14.6. The van der Waals surface area contributed by atoms with Crippen molar-refractivity contribution in [2.75, 3.05) is 68.3 Å². The van der Waals surface area contributed by atoms with Gasteiger partial charge in [0, 0.05) is 64.5 Å². The zero-order valence-electron chi connectivity index (χ0n) is 20.9. The third kappa shape index (κ3) is 5.27. The number of alkyl halides is 1. The predicted octanol–water partition coefficient (Wildman–Crippen LogP) is 1.56. The van der Waals surface area contributed by atoms with Crippen LogP contribution in [-0.4, -0.2) is 94.1 Å². The number of furan rings is 1. The topological polar surface area (TPSA) is 135 Å². The van der Waals surface area contributed by atoms with Crippen molar-refractivity contribution in [1.82, 2.24) is 34.8 Å². The van der Waals surface area contributed by atoms with E-state index < -0.39 is 23.9 Å². The van der Waals surface area contributed by atoms with E-state index in [1.165, 1.54) is 16.8 Å². The molecule has 1 aromatic carbocycles. The summed E-state index contributed by atoms with van der Waals surface area (Å²) in [5.41, 5.74) is 6.27. The van der Waals surface area contributed by atoms with Crippen molar-refractivity contribution in [3.05, 3.63) is 42.2 Å². The van der Waals surface area contributed by atoms with Crippen LogP contribution in [-0.2, 0) is 0 Å². The Morgan fingerprint density at radius 1 is 1.10 bits per heavy atom. The lowest BCUT2D eigenvalue weighted by atomic mass is 10.2. The van der Waals surface area contributed by atoms with Crippen LogP contribution in [0.1, 0.15) is 0 Å². The normalized spacial score (nSPS) is 20.1. The summed E-state index contributed by atoms with van der Waals surface area (Å²) in [7, 11) is 0. The number of nitrogens with one attached hydrogen (secondary N) is 2. The van der Waals surface area contributed by atoms with Crippen molar-refractivity contribution in [2.45, 2.75) is 12.3 Å². The lowest BCUT2D eigenvalue weighted by Crippen LogP contribution is -2.48. The summed E-state index contributed by atoms with van der Waals surface area (Å²) >= 11 is 0. The standard InChI is InChI=1S/C24H27F3N10O2/c25-14-10-15(26)19(39-20-13-29-12-16(20)27)11-17(14)36-7-5-35(6-8-36)4-3-30-23-32-22(28)37-24(33-23)31-21(34-37)18-2-1-9-38-18/h1-2,9-11,16,20,29H,3-8,12-13H2,(H3,28,30,31,32,33,34)/t16-,20+/m1/s1. The van der Waals surface area contributed by atoms with E-state index in [1.807, 2.05) is 4.90 Å². The molecule has 2 aliphatic heterocycles. The van der Waals surface area contributed by atoms with E-state index >= 15 is 0 Å². The fraction of sp³-hybridized carbons (Fsp3) is 0.417. The number of ether oxygens (including phenoxy) is 1. The van der Waals surface area contributed by atoms with Crippen molar-refractivity contribution in [2.24, 2.45) is 0 Å². The molecule has 0 bridgehead atoms. The molecule has 0 saturated carbocycles. The molecule has 5 heterocycles. The summed E-state index contributed by atoms with van der Waals surface area (Å²) in [5.74, 6) is -0.0555. The van der Waals surface area contributed by atoms with Crippen LogP contribution in [0.2, 0.25) is 0 Å². The van der Waals surface area contributed by atoms with Gasteiger partial charge in [-0.15, -0.1) is 5.10 Å². The number of hydrogen-bond acceptors (Lipinski definition) is 11. The van der Waals surface area contributed by atoms with Crippen molar-refractivity contribution in [3.8, 4) is 17.3 Å². The Morgan fingerprint density at radius 3 is 2.69 bits per heavy atom. The Kier molecular flexibility index (Phi) is 6.83. The number of fused-ring (bicyclic) bond motifs is 1. The number of halogens is 3. The number of nitrogen functional groups attached to an aromatic ring is 1. The van der Waals surface area contributed by atoms with E-state index in [0.717, 1.165) is 6.07 Å². The Bertz CT molecular complexity index is 1440. The molecule has 39 heavy (non-hydrogen) atoms. The molecule has 6 rings (SSSR count). The highest BCUT2D eigenvalue weighted by atomic mass is 19.1. The number of hydrogen-bond donors (Lipinski definition) is 3. The Morgan fingerprint density at radius 2 is 1.95 bits per heavy atom. The zero-order chi connectivity index (χ0) is 26.9. The van der Waals surface area contributed by atoms with Gasteiger partial charge < -0.3 is 30.4 Å². The largest absolute Gasteiger partial charge is 0.483 e. The monoisotopic (exact) mass is 544 g/mol. The van der Waals surface area contributed by atoms with E-state index in [0.29, 0.717) is 62.6 Å². The van der Waals surface area contributed by atoms with Crippen LogP contribution in [0.4, 0.5) is 30.8 Å². The highest BCUT2D eigenvalue weighted by Crippen LogP contribution is 2.30. The van der Waals surface area contributed by atoms with Gasteiger partial charge in [-0.25, -0.2) is 13.2 Å². The van der Waals surface area contributed by atoms with Crippen LogP contribution in [0.3, 0.4) is 0 Å². The molecule has 0 spiro atoms. The van der Waals surface area contributed by atoms with Crippen LogP contribution in [0.5, 0.6) is 5.75 Å². The number of rotatable bonds is 8. The summed E-state index contributed by atoms with van der Waals surface area (Å²) in [6, 6.07) is 5.60. The molecular weight excluding hydrogens is 517 g/mol. The van der Waals surface area contributed by atoms with Crippen LogP contribution in [0, 0.1) is 11.6 Å². The van der Waals surface area contributed by atoms with Crippen molar-refractivity contribution < 1.29 is 22.3 Å². The quantitative estimate of drug-likeness (QED) is 0.298. The molecule has 2 aliphatic rings. The third-order valence-corrected chi connectivity index (χ3v) is 6.77. The van der Waals surface area contributed by atoms with E-state index in [4.69, 9.17) is 14.9 Å². The molecule has 2 saturated heterocycles. The van der Waals surface area contributed by atoms with Crippen molar-refractivity contribution in [1.29, 1.82) is 0 Å². The second kappa shape index (κ2) is 10.6. The smallest absolute Gasteiger partial charge is 0.259 e. The first-order chi connectivity index (χ1) is 18.9. The van der Waals surface area contributed by atoms with Crippen molar-refractivity contribution in [3.63, 3.8) is 0 Å². The molecular formula is C24H27F3N10O2. The van der Waals surface area contributed by atoms with Gasteiger partial charge in [0.25, 0.3) is 5.78 Å². The Balaban J connectivity index is 1.03. The first-order valence-electron chi connectivity index (χ1n) is 12.6. The average Bonchev–Trinajstić information content (AvgIpc) is 3.68. The first kappa shape index (κ1) is 25.2. The number of aromatic nitrogens is 5. The molecule has 0 unspecified atom stereocenters. The van der Waals surface area contributed by atoms with Gasteiger partial charge >= 0.3 is 0 Å². The van der Waals surface area contributed by atoms with Gasteiger partial charge in [0.15, 0.2) is 23.5 Å². The summed E-state index contributed by atoms with van der Waals surface area (Å²) in [6.45, 7) is 4.03. The molecule has 2 fully saturated rings. The van der Waals surface area contributed by atoms with Crippen LogP contribution < -0.4 is 26.0 Å². The van der Waals surface area contributed by atoms with Gasteiger partial charge in [0.05, 0.1) is 12.0 Å². The molecule has 0 radical (unpaired) electrons. The van der Waals surface area contributed by atoms with Gasteiger partial charge in [-0.05, 0) is 12.1 Å². The summed E-state index contributed by atoms with van der Waals surface area (Å²) in [4.78, 5) is 17.0. The molecule has 15 heteroatoms. The molecule has 12 nitrogen and oxygen atoms in total. The summed E-state index contributed by atoms with van der Waals surface area (Å²) in [6.07, 6.45) is -0.513. The Hall–Kier alpha value is -4.11. The van der Waals surface area contributed by atoms with E-state index in [1.54, 1.807) is 12.1 Å². The second-order valence-electron chi connectivity index (χ2n) is 9.35. The molecule has 4 N–H and O–H groups in total. The molecule has 0 aliphatic carbocycles. The number of piperazine rings is 1. The minimum absolute atomic E-state index is 0.136. The zero-order valence-corrected chi connectivity index (χ0v) is 20.9. The molecule has 0 amide bonds. The molecule has 206 valence electrons. The fourth-order valence-corrected chi connectivity index (χ4v) is 4.69. The summed E-state index contributed by atoms with van der Waals surface area (Å²) in [5, 5.41) is 10.3. The van der Waals surface area contributed by atoms with Gasteiger partial charge in [0.1, 0.15) is 11.9 Å². The van der Waals surface area contributed by atoms with Gasteiger partial charge in [-0.3, -0.25) is 4.90 Å². The van der Waals surface area contributed by atoms with E-state index in [2.05, 4.69) is 35.6 Å². The van der Waals surface area contributed by atoms with Gasteiger partial charge in [0.2, 0.25) is 17.7 Å². The molecule has 2 atom stereocenters. The van der Waals surface area contributed by atoms with Crippen molar-refractivity contribution >= 4 is 23.4 Å². The highest BCUT2D eigenvalue weighted by molar-refractivity contribution is 5.54. The number of benzene rings is 1. The van der Waals surface area contributed by atoms with Gasteiger partial charge in [-0.1, -0.05) is 0 Å². The average molecular weight is 545 g/mol. The molecule has 3 aromatic heterocycles. The van der Waals surface area contributed by atoms with Crippen LogP contribution in [0.25, 0.3) is 17.4 Å². The van der Waals surface area contributed by atoms with E-state index in [9.17, 15) is 13.2 Å². The van der Waals surface area contributed by atoms with Crippen LogP contribution in [0.15, 0.2) is 34.9 Å².